The van der Waals surface area contributed by atoms with Gasteiger partial charge in [0.25, 0.3) is 5.91 Å². The van der Waals surface area contributed by atoms with Crippen LogP contribution in [0.15, 0.2) is 36.7 Å². The van der Waals surface area contributed by atoms with Crippen molar-refractivity contribution < 1.29 is 4.79 Å². The summed E-state index contributed by atoms with van der Waals surface area (Å²) >= 11 is 0. The molecule has 0 spiro atoms. The highest BCUT2D eigenvalue weighted by molar-refractivity contribution is 6.12. The van der Waals surface area contributed by atoms with E-state index in [0.717, 1.165) is 10.9 Å². The lowest BCUT2D eigenvalue weighted by Gasteiger charge is -2.04. The van der Waals surface area contributed by atoms with Crippen molar-refractivity contribution in [2.75, 3.05) is 11.1 Å². The fourth-order valence-electron chi connectivity index (χ4n) is 2.01. The maximum atomic E-state index is 12.2. The quantitative estimate of drug-likeness (QED) is 0.609. The topological polar surface area (TPSA) is 88.7 Å². The Kier molecular flexibility index (Phi) is 2.49. The largest absolute Gasteiger partial charge is 0.399 e. The number of nitrogens with one attached hydrogen (secondary N) is 2. The Morgan fingerprint density at radius 2 is 2.26 bits per heavy atom. The molecule has 6 nitrogen and oxygen atoms in total. The van der Waals surface area contributed by atoms with Crippen molar-refractivity contribution in [2.45, 2.75) is 0 Å². The number of anilines is 2. The molecule has 2 aromatic heterocycles. The third-order valence-corrected chi connectivity index (χ3v) is 3.01. The summed E-state index contributed by atoms with van der Waals surface area (Å²) in [6.45, 7) is 0. The first-order valence-corrected chi connectivity index (χ1v) is 5.81. The van der Waals surface area contributed by atoms with Crippen LogP contribution in [-0.4, -0.2) is 20.7 Å². The molecule has 1 aromatic carbocycles. The Morgan fingerprint density at radius 3 is 3.00 bits per heavy atom. The Morgan fingerprint density at radius 1 is 1.42 bits per heavy atom. The summed E-state index contributed by atoms with van der Waals surface area (Å²) in [6.07, 6.45) is 3.31. The molecule has 0 aliphatic carbocycles. The van der Waals surface area contributed by atoms with Crippen LogP contribution in [0.1, 0.15) is 10.4 Å². The predicted octanol–water partition coefficient (Wildman–Crippen LogP) is 1.74. The lowest BCUT2D eigenvalue weighted by Crippen LogP contribution is -2.14. The molecule has 0 saturated carbocycles. The number of hydrogen-bond donors (Lipinski definition) is 3. The van der Waals surface area contributed by atoms with Crippen LogP contribution in [0.2, 0.25) is 0 Å². The molecule has 4 N–H and O–H groups in total. The highest BCUT2D eigenvalue weighted by Gasteiger charge is 2.13. The third kappa shape index (κ3) is 1.93. The molecule has 2 heterocycles. The van der Waals surface area contributed by atoms with Gasteiger partial charge < -0.3 is 16.0 Å². The van der Waals surface area contributed by atoms with Gasteiger partial charge in [0.2, 0.25) is 0 Å². The van der Waals surface area contributed by atoms with Crippen LogP contribution in [0.5, 0.6) is 0 Å². The molecule has 0 bridgehead atoms. The van der Waals surface area contributed by atoms with E-state index in [4.69, 9.17) is 5.73 Å². The fourth-order valence-corrected chi connectivity index (χ4v) is 2.01. The Bertz CT molecular complexity index is 755. The van der Waals surface area contributed by atoms with E-state index in [0.29, 0.717) is 17.1 Å². The molecule has 0 fully saturated rings. The zero-order chi connectivity index (χ0) is 13.4. The number of hydrogen-bond acceptors (Lipinski definition) is 3. The monoisotopic (exact) mass is 255 g/mol. The second-order valence-electron chi connectivity index (χ2n) is 4.30. The molecule has 6 heteroatoms. The van der Waals surface area contributed by atoms with Gasteiger partial charge in [-0.3, -0.25) is 9.48 Å². The van der Waals surface area contributed by atoms with Crippen molar-refractivity contribution in [3.63, 3.8) is 0 Å². The predicted molar refractivity (Wildman–Crippen MR) is 73.9 cm³/mol. The number of fused-ring (bicyclic) bond motifs is 1. The first kappa shape index (κ1) is 11.3. The van der Waals surface area contributed by atoms with Crippen LogP contribution < -0.4 is 11.1 Å². The SMILES string of the molecule is Cn1nccc1NC(=O)c1c[nH]c2cc(N)ccc12. The van der Waals surface area contributed by atoms with E-state index in [1.165, 1.54) is 0 Å². The van der Waals surface area contributed by atoms with E-state index in [2.05, 4.69) is 15.4 Å². The van der Waals surface area contributed by atoms with Gasteiger partial charge in [-0.1, -0.05) is 0 Å². The van der Waals surface area contributed by atoms with Gasteiger partial charge in [-0.2, -0.15) is 5.10 Å². The van der Waals surface area contributed by atoms with E-state index in [1.54, 1.807) is 42.3 Å². The standard InChI is InChI=1S/C13H13N5O/c1-18-12(4-5-16-18)17-13(19)10-7-15-11-6-8(14)2-3-9(10)11/h2-7,15H,14H2,1H3,(H,17,19). The molecule has 0 atom stereocenters. The van der Waals surface area contributed by atoms with Crippen molar-refractivity contribution in [1.29, 1.82) is 0 Å². The van der Waals surface area contributed by atoms with Crippen molar-refractivity contribution in [3.8, 4) is 0 Å². The Labute approximate surface area is 109 Å². The highest BCUT2D eigenvalue weighted by Crippen LogP contribution is 2.21. The zero-order valence-corrected chi connectivity index (χ0v) is 10.3. The fraction of sp³-hybridized carbons (Fsp3) is 0.0769. The normalized spacial score (nSPS) is 10.8. The van der Waals surface area contributed by atoms with Gasteiger partial charge in [-0.25, -0.2) is 0 Å². The minimum atomic E-state index is -0.181. The second kappa shape index (κ2) is 4.16. The molecule has 0 aliphatic heterocycles. The molecular formula is C13H13N5O. The van der Waals surface area contributed by atoms with Crippen LogP contribution in [0, 0.1) is 0 Å². The number of nitrogens with two attached hydrogens (primary N) is 1. The number of carbonyl (C=O) groups is 1. The second-order valence-corrected chi connectivity index (χ2v) is 4.30. The molecule has 3 aromatic rings. The summed E-state index contributed by atoms with van der Waals surface area (Å²) in [4.78, 5) is 15.3. The first-order chi connectivity index (χ1) is 9.15. The number of carbonyl (C=O) groups excluding carboxylic acids is 1. The Balaban J connectivity index is 1.96. The van der Waals surface area contributed by atoms with Gasteiger partial charge in [-0.15, -0.1) is 0 Å². The third-order valence-electron chi connectivity index (χ3n) is 3.01. The smallest absolute Gasteiger partial charge is 0.258 e. The first-order valence-electron chi connectivity index (χ1n) is 5.81. The van der Waals surface area contributed by atoms with Gasteiger partial charge >= 0.3 is 0 Å². The van der Waals surface area contributed by atoms with Crippen LogP contribution >= 0.6 is 0 Å². The van der Waals surface area contributed by atoms with Gasteiger partial charge in [0.1, 0.15) is 5.82 Å². The lowest BCUT2D eigenvalue weighted by molar-refractivity contribution is 0.102. The summed E-state index contributed by atoms with van der Waals surface area (Å²) in [5.74, 6) is 0.467. The van der Waals surface area contributed by atoms with Crippen LogP contribution in [0.25, 0.3) is 10.9 Å². The van der Waals surface area contributed by atoms with Crippen molar-refractivity contribution in [2.24, 2.45) is 7.05 Å². The minimum Gasteiger partial charge on any atom is -0.399 e. The maximum absolute atomic E-state index is 12.2. The average molecular weight is 255 g/mol. The highest BCUT2D eigenvalue weighted by atomic mass is 16.1. The number of amides is 1. The number of nitrogen functional groups attached to an aromatic ring is 1. The Hall–Kier alpha value is -2.76. The lowest BCUT2D eigenvalue weighted by atomic mass is 10.1. The van der Waals surface area contributed by atoms with Gasteiger partial charge in [0.05, 0.1) is 11.8 Å². The molecule has 19 heavy (non-hydrogen) atoms. The minimum absolute atomic E-state index is 0.181. The number of H-pyrrole nitrogens is 1. The average Bonchev–Trinajstić information content (AvgIpc) is 2.96. The molecule has 3 rings (SSSR count). The maximum Gasteiger partial charge on any atom is 0.258 e. The molecule has 1 amide bonds. The number of aromatic amines is 1. The van der Waals surface area contributed by atoms with E-state index in [1.807, 2.05) is 6.07 Å². The van der Waals surface area contributed by atoms with Crippen LogP contribution in [0.3, 0.4) is 0 Å². The van der Waals surface area contributed by atoms with Crippen molar-refractivity contribution >= 4 is 28.3 Å². The molecule has 0 radical (unpaired) electrons. The van der Waals surface area contributed by atoms with Crippen LogP contribution in [0.4, 0.5) is 11.5 Å². The summed E-state index contributed by atoms with van der Waals surface area (Å²) in [7, 11) is 1.77. The summed E-state index contributed by atoms with van der Waals surface area (Å²) in [5, 5.41) is 7.65. The van der Waals surface area contributed by atoms with Gasteiger partial charge in [0, 0.05) is 35.9 Å². The number of benzene rings is 1. The van der Waals surface area contributed by atoms with Crippen LogP contribution in [-0.2, 0) is 7.05 Å². The molecule has 96 valence electrons. The number of rotatable bonds is 2. The summed E-state index contributed by atoms with van der Waals surface area (Å²) in [5.41, 5.74) is 7.79. The van der Waals surface area contributed by atoms with E-state index >= 15 is 0 Å². The molecule has 0 saturated heterocycles. The molecule has 0 unspecified atom stereocenters. The van der Waals surface area contributed by atoms with Gasteiger partial charge in [-0.05, 0) is 18.2 Å². The number of aromatic nitrogens is 3. The molecular weight excluding hydrogens is 242 g/mol. The van der Waals surface area contributed by atoms with E-state index in [-0.39, 0.29) is 5.91 Å². The molecule has 0 aliphatic rings. The summed E-state index contributed by atoms with van der Waals surface area (Å²) in [6, 6.07) is 7.15. The van der Waals surface area contributed by atoms with E-state index < -0.39 is 0 Å². The summed E-state index contributed by atoms with van der Waals surface area (Å²) < 4.78 is 1.60. The number of aryl methyl sites for hydroxylation is 1. The van der Waals surface area contributed by atoms with Crippen molar-refractivity contribution in [1.82, 2.24) is 14.8 Å². The number of nitrogens with zero attached hydrogens (tertiary/aromatic N) is 2. The zero-order valence-electron chi connectivity index (χ0n) is 10.3. The van der Waals surface area contributed by atoms with Gasteiger partial charge in [0.15, 0.2) is 0 Å². The van der Waals surface area contributed by atoms with Crippen molar-refractivity contribution in [3.05, 3.63) is 42.2 Å². The van der Waals surface area contributed by atoms with E-state index in [9.17, 15) is 4.79 Å².